The number of benzene rings is 2. The molecule has 1 N–H and O–H groups in total. The zero-order valence-electron chi connectivity index (χ0n) is 14.6. The summed E-state index contributed by atoms with van der Waals surface area (Å²) >= 11 is 0. The number of carboxylic acids is 1. The Labute approximate surface area is 160 Å². The average Bonchev–Trinajstić information content (AvgIpc) is 2.68. The fourth-order valence-electron chi connectivity index (χ4n) is 3.62. The summed E-state index contributed by atoms with van der Waals surface area (Å²) < 4.78 is 11.8. The van der Waals surface area contributed by atoms with Crippen LogP contribution < -0.4 is 9.47 Å². The van der Waals surface area contributed by atoms with Crippen molar-refractivity contribution >= 4 is 5.97 Å². The van der Waals surface area contributed by atoms with Gasteiger partial charge in [0.05, 0.1) is 5.92 Å². The maximum atomic E-state index is 11.0. The van der Waals surface area contributed by atoms with Gasteiger partial charge in [-0.1, -0.05) is 43.8 Å². The minimum absolute atomic E-state index is 0. The van der Waals surface area contributed by atoms with E-state index in [-0.39, 0.29) is 19.4 Å². The SMILES string of the molecule is C.O=C(O)C1CCN(Cc2ccc([C@@H]3COc4ccccc4O3)cc2)CC1. The number of nitrogens with zero attached hydrogens (tertiary/aromatic N) is 1. The zero-order valence-corrected chi connectivity index (χ0v) is 14.6. The van der Waals surface area contributed by atoms with Crippen LogP contribution in [0.3, 0.4) is 0 Å². The molecule has 144 valence electrons. The van der Waals surface area contributed by atoms with Crippen molar-refractivity contribution in [3.63, 3.8) is 0 Å². The predicted octanol–water partition coefficient (Wildman–Crippen LogP) is 4.13. The molecule has 4 rings (SSSR count). The van der Waals surface area contributed by atoms with Crippen molar-refractivity contribution in [3.8, 4) is 11.5 Å². The molecule has 0 unspecified atom stereocenters. The van der Waals surface area contributed by atoms with E-state index in [2.05, 4.69) is 29.2 Å². The van der Waals surface area contributed by atoms with Crippen molar-refractivity contribution in [1.82, 2.24) is 4.90 Å². The van der Waals surface area contributed by atoms with E-state index in [1.165, 1.54) is 5.56 Å². The molecule has 2 heterocycles. The molecule has 5 nitrogen and oxygen atoms in total. The molecule has 1 atom stereocenters. The number of fused-ring (bicyclic) bond motifs is 1. The molecule has 0 aliphatic carbocycles. The van der Waals surface area contributed by atoms with Crippen LogP contribution in [0.15, 0.2) is 48.5 Å². The molecule has 0 aromatic heterocycles. The highest BCUT2D eigenvalue weighted by Gasteiger charge is 2.25. The van der Waals surface area contributed by atoms with Gasteiger partial charge in [0.2, 0.25) is 0 Å². The molecular weight excluding hydrogens is 342 g/mol. The lowest BCUT2D eigenvalue weighted by Crippen LogP contribution is -2.35. The first kappa shape index (κ1) is 19.2. The third-order valence-corrected chi connectivity index (χ3v) is 5.20. The van der Waals surface area contributed by atoms with Gasteiger partial charge in [0.15, 0.2) is 17.6 Å². The Morgan fingerprint density at radius 2 is 1.70 bits per heavy atom. The number of rotatable bonds is 4. The van der Waals surface area contributed by atoms with E-state index in [0.29, 0.717) is 6.61 Å². The average molecular weight is 369 g/mol. The molecule has 0 amide bonds. The Balaban J connectivity index is 0.00000210. The number of para-hydroxylation sites is 2. The smallest absolute Gasteiger partial charge is 0.306 e. The van der Waals surface area contributed by atoms with Gasteiger partial charge in [0.25, 0.3) is 0 Å². The lowest BCUT2D eigenvalue weighted by atomic mass is 9.96. The van der Waals surface area contributed by atoms with Crippen LogP contribution in [-0.4, -0.2) is 35.7 Å². The molecule has 0 spiro atoms. The molecule has 0 saturated carbocycles. The lowest BCUT2D eigenvalue weighted by molar-refractivity contribution is -0.143. The van der Waals surface area contributed by atoms with Crippen LogP contribution in [0.2, 0.25) is 0 Å². The first-order chi connectivity index (χ1) is 12.7. The summed E-state index contributed by atoms with van der Waals surface area (Å²) in [5.74, 6) is 0.740. The van der Waals surface area contributed by atoms with Crippen LogP contribution in [-0.2, 0) is 11.3 Å². The fraction of sp³-hybridized carbons (Fsp3) is 0.409. The monoisotopic (exact) mass is 369 g/mol. The molecule has 0 bridgehead atoms. The molecule has 1 fully saturated rings. The van der Waals surface area contributed by atoms with Crippen LogP contribution in [0.25, 0.3) is 0 Å². The van der Waals surface area contributed by atoms with E-state index >= 15 is 0 Å². The Hall–Kier alpha value is -2.53. The molecule has 27 heavy (non-hydrogen) atoms. The number of likely N-dealkylation sites (tertiary alicyclic amines) is 1. The zero-order chi connectivity index (χ0) is 17.9. The Kier molecular flexibility index (Phi) is 6.01. The number of piperidine rings is 1. The second kappa shape index (κ2) is 8.44. The Morgan fingerprint density at radius 3 is 2.37 bits per heavy atom. The van der Waals surface area contributed by atoms with Crippen molar-refractivity contribution in [3.05, 3.63) is 59.7 Å². The Morgan fingerprint density at radius 1 is 1.04 bits per heavy atom. The number of carbonyl (C=O) groups is 1. The summed E-state index contributed by atoms with van der Waals surface area (Å²) in [5, 5.41) is 9.09. The van der Waals surface area contributed by atoms with E-state index < -0.39 is 5.97 Å². The molecule has 2 aromatic carbocycles. The van der Waals surface area contributed by atoms with Crippen molar-refractivity contribution in [2.75, 3.05) is 19.7 Å². The van der Waals surface area contributed by atoms with Gasteiger partial charge in [-0.15, -0.1) is 0 Å². The van der Waals surface area contributed by atoms with Crippen molar-refractivity contribution in [1.29, 1.82) is 0 Å². The third-order valence-electron chi connectivity index (χ3n) is 5.20. The number of hydrogen-bond acceptors (Lipinski definition) is 4. The van der Waals surface area contributed by atoms with Gasteiger partial charge in [-0.2, -0.15) is 0 Å². The van der Waals surface area contributed by atoms with E-state index in [1.54, 1.807) is 0 Å². The van der Waals surface area contributed by atoms with Crippen molar-refractivity contribution in [2.24, 2.45) is 5.92 Å². The highest BCUT2D eigenvalue weighted by Crippen LogP contribution is 2.35. The molecule has 5 heteroatoms. The van der Waals surface area contributed by atoms with E-state index in [9.17, 15) is 4.79 Å². The first-order valence-corrected chi connectivity index (χ1v) is 9.11. The maximum Gasteiger partial charge on any atom is 0.306 e. The quantitative estimate of drug-likeness (QED) is 0.878. The minimum Gasteiger partial charge on any atom is -0.485 e. The summed E-state index contributed by atoms with van der Waals surface area (Å²) in [6, 6.07) is 16.2. The minimum atomic E-state index is -0.662. The van der Waals surface area contributed by atoms with Gasteiger partial charge < -0.3 is 14.6 Å². The molecule has 2 aliphatic rings. The summed E-state index contributed by atoms with van der Waals surface area (Å²) in [7, 11) is 0. The molecule has 2 aromatic rings. The summed E-state index contributed by atoms with van der Waals surface area (Å²) in [5.41, 5.74) is 2.34. The fourth-order valence-corrected chi connectivity index (χ4v) is 3.62. The number of hydrogen-bond donors (Lipinski definition) is 1. The largest absolute Gasteiger partial charge is 0.485 e. The second-order valence-electron chi connectivity index (χ2n) is 6.99. The van der Waals surface area contributed by atoms with Crippen LogP contribution in [0.4, 0.5) is 0 Å². The summed E-state index contributed by atoms with van der Waals surface area (Å²) in [6.45, 7) is 3.06. The third kappa shape index (κ3) is 4.42. The molecular formula is C22H27NO4. The number of ether oxygens (including phenoxy) is 2. The Bertz CT molecular complexity index is 766. The number of carboxylic acid groups (broad SMARTS) is 1. The second-order valence-corrected chi connectivity index (χ2v) is 6.99. The lowest BCUT2D eigenvalue weighted by Gasteiger charge is -2.30. The molecule has 2 aliphatic heterocycles. The molecule has 1 saturated heterocycles. The van der Waals surface area contributed by atoms with Gasteiger partial charge in [-0.25, -0.2) is 0 Å². The standard InChI is InChI=1S/C21H23NO4.CH4/c23-21(24)17-9-11-22(12-10-17)13-15-5-7-16(8-6-15)20-14-25-18-3-1-2-4-19(18)26-20;/h1-8,17,20H,9-14H2,(H,23,24);1H4/t20-;/m0./s1. The van der Waals surface area contributed by atoms with Crippen molar-refractivity contribution < 1.29 is 19.4 Å². The van der Waals surface area contributed by atoms with Crippen LogP contribution in [0.1, 0.15) is 37.5 Å². The topological polar surface area (TPSA) is 59.0 Å². The van der Waals surface area contributed by atoms with Crippen molar-refractivity contribution in [2.45, 2.75) is 32.9 Å². The van der Waals surface area contributed by atoms with E-state index in [0.717, 1.165) is 49.5 Å². The van der Waals surface area contributed by atoms with Gasteiger partial charge >= 0.3 is 5.97 Å². The van der Waals surface area contributed by atoms with Gasteiger partial charge in [0, 0.05) is 6.54 Å². The van der Waals surface area contributed by atoms with Crippen LogP contribution in [0, 0.1) is 5.92 Å². The predicted molar refractivity (Wildman–Crippen MR) is 104 cm³/mol. The maximum absolute atomic E-state index is 11.0. The molecule has 0 radical (unpaired) electrons. The highest BCUT2D eigenvalue weighted by molar-refractivity contribution is 5.70. The van der Waals surface area contributed by atoms with Gasteiger partial charge in [-0.05, 0) is 49.2 Å². The van der Waals surface area contributed by atoms with E-state index in [1.807, 2.05) is 24.3 Å². The normalized spacial score (nSPS) is 19.9. The van der Waals surface area contributed by atoms with Crippen LogP contribution >= 0.6 is 0 Å². The number of aliphatic carboxylic acids is 1. The van der Waals surface area contributed by atoms with Gasteiger partial charge in [0.1, 0.15) is 6.61 Å². The van der Waals surface area contributed by atoms with Crippen LogP contribution in [0.5, 0.6) is 11.5 Å². The van der Waals surface area contributed by atoms with E-state index in [4.69, 9.17) is 14.6 Å². The summed E-state index contributed by atoms with van der Waals surface area (Å²) in [6.07, 6.45) is 1.38. The first-order valence-electron chi connectivity index (χ1n) is 9.11. The highest BCUT2D eigenvalue weighted by atomic mass is 16.6. The van der Waals surface area contributed by atoms with Gasteiger partial charge in [-0.3, -0.25) is 9.69 Å². The summed E-state index contributed by atoms with van der Waals surface area (Å²) in [4.78, 5) is 13.4.